The monoisotopic (exact) mass is 341 g/mol. The van der Waals surface area contributed by atoms with Crippen molar-refractivity contribution >= 4 is 11.7 Å². The summed E-state index contributed by atoms with van der Waals surface area (Å²) in [6.45, 7) is 6.25. The van der Waals surface area contributed by atoms with Crippen molar-refractivity contribution in [3.63, 3.8) is 0 Å². The molecule has 25 heavy (non-hydrogen) atoms. The van der Waals surface area contributed by atoms with Crippen molar-refractivity contribution in [1.82, 2.24) is 19.8 Å². The minimum atomic E-state index is -0.105. The van der Waals surface area contributed by atoms with Gasteiger partial charge in [0.2, 0.25) is 0 Å². The molecule has 0 aliphatic carbocycles. The molecule has 0 aliphatic heterocycles. The molecule has 1 N–H and O–H groups in total. The van der Waals surface area contributed by atoms with E-state index in [0.717, 1.165) is 18.7 Å². The third-order valence-corrected chi connectivity index (χ3v) is 3.82. The van der Waals surface area contributed by atoms with Crippen molar-refractivity contribution in [2.75, 3.05) is 32.5 Å². The van der Waals surface area contributed by atoms with Crippen molar-refractivity contribution in [2.45, 2.75) is 26.4 Å². The zero-order chi connectivity index (χ0) is 18.2. The first kappa shape index (κ1) is 18.9. The SMILES string of the molecule is CC(C)N(Cc1ccccc1)C(=O)c1cnc(NCCN(C)C)cn1. The predicted octanol–water partition coefficient (Wildman–Crippen LogP) is 2.50. The Morgan fingerprint density at radius 2 is 1.84 bits per heavy atom. The number of hydrogen-bond acceptors (Lipinski definition) is 5. The van der Waals surface area contributed by atoms with Crippen LogP contribution in [-0.2, 0) is 6.54 Å². The number of nitrogens with one attached hydrogen (secondary N) is 1. The van der Waals surface area contributed by atoms with Gasteiger partial charge in [0.1, 0.15) is 11.5 Å². The van der Waals surface area contributed by atoms with Gasteiger partial charge in [-0.2, -0.15) is 0 Å². The Bertz CT molecular complexity index is 655. The van der Waals surface area contributed by atoms with Gasteiger partial charge in [-0.1, -0.05) is 30.3 Å². The molecular weight excluding hydrogens is 314 g/mol. The zero-order valence-electron chi connectivity index (χ0n) is 15.4. The number of aromatic nitrogens is 2. The van der Waals surface area contributed by atoms with Crippen LogP contribution in [0.4, 0.5) is 5.82 Å². The number of carbonyl (C=O) groups excluding carboxylic acids is 1. The van der Waals surface area contributed by atoms with Crippen molar-refractivity contribution in [1.29, 1.82) is 0 Å². The molecule has 6 nitrogen and oxygen atoms in total. The van der Waals surface area contributed by atoms with E-state index in [4.69, 9.17) is 0 Å². The standard InChI is InChI=1S/C19H27N5O/c1-15(2)24(14-16-8-6-5-7-9-16)19(25)17-12-22-18(13-21-17)20-10-11-23(3)4/h5-9,12-13,15H,10-11,14H2,1-4H3,(H,20,22). The number of likely N-dealkylation sites (N-methyl/N-ethyl adjacent to an activating group) is 1. The number of rotatable bonds is 8. The molecule has 0 spiro atoms. The molecule has 0 aliphatic rings. The average molecular weight is 341 g/mol. The molecule has 0 saturated heterocycles. The fraction of sp³-hybridized carbons (Fsp3) is 0.421. The van der Waals surface area contributed by atoms with E-state index < -0.39 is 0 Å². The lowest BCUT2D eigenvalue weighted by Crippen LogP contribution is -2.37. The summed E-state index contributed by atoms with van der Waals surface area (Å²) >= 11 is 0. The minimum absolute atomic E-state index is 0.0763. The number of nitrogens with zero attached hydrogens (tertiary/aromatic N) is 4. The molecule has 6 heteroatoms. The Balaban J connectivity index is 2.03. The van der Waals surface area contributed by atoms with E-state index in [1.165, 1.54) is 0 Å². The normalized spacial score (nSPS) is 11.0. The molecule has 1 amide bonds. The van der Waals surface area contributed by atoms with E-state index in [-0.39, 0.29) is 11.9 Å². The first-order valence-electron chi connectivity index (χ1n) is 8.53. The lowest BCUT2D eigenvalue weighted by atomic mass is 10.2. The highest BCUT2D eigenvalue weighted by Gasteiger charge is 2.20. The predicted molar refractivity (Wildman–Crippen MR) is 101 cm³/mol. The Kier molecular flexibility index (Phi) is 6.89. The maximum atomic E-state index is 12.8. The van der Waals surface area contributed by atoms with Crippen LogP contribution in [0.5, 0.6) is 0 Å². The van der Waals surface area contributed by atoms with Crippen molar-refractivity contribution in [3.05, 3.63) is 54.0 Å². The second kappa shape index (κ2) is 9.13. The molecule has 1 heterocycles. The molecule has 1 aromatic heterocycles. The summed E-state index contributed by atoms with van der Waals surface area (Å²) in [6.07, 6.45) is 3.16. The maximum Gasteiger partial charge on any atom is 0.274 e. The third kappa shape index (κ3) is 5.83. The van der Waals surface area contributed by atoms with E-state index in [1.54, 1.807) is 17.3 Å². The van der Waals surface area contributed by atoms with Gasteiger partial charge in [0, 0.05) is 25.7 Å². The third-order valence-electron chi connectivity index (χ3n) is 3.82. The molecular formula is C19H27N5O. The fourth-order valence-corrected chi connectivity index (χ4v) is 2.35. The Morgan fingerprint density at radius 3 is 2.40 bits per heavy atom. The lowest BCUT2D eigenvalue weighted by molar-refractivity contribution is 0.0684. The summed E-state index contributed by atoms with van der Waals surface area (Å²) in [5, 5.41) is 3.19. The highest BCUT2D eigenvalue weighted by Crippen LogP contribution is 2.12. The van der Waals surface area contributed by atoms with Crippen molar-refractivity contribution in [3.8, 4) is 0 Å². The average Bonchev–Trinajstić information content (AvgIpc) is 2.60. The van der Waals surface area contributed by atoms with Crippen LogP contribution in [0.2, 0.25) is 0 Å². The van der Waals surface area contributed by atoms with Gasteiger partial charge in [-0.3, -0.25) is 4.79 Å². The maximum absolute atomic E-state index is 12.8. The van der Waals surface area contributed by atoms with Crippen LogP contribution in [0.1, 0.15) is 29.9 Å². The fourth-order valence-electron chi connectivity index (χ4n) is 2.35. The summed E-state index contributed by atoms with van der Waals surface area (Å²) < 4.78 is 0. The smallest absolute Gasteiger partial charge is 0.274 e. The van der Waals surface area contributed by atoms with Gasteiger partial charge in [-0.15, -0.1) is 0 Å². The van der Waals surface area contributed by atoms with Gasteiger partial charge in [0.25, 0.3) is 5.91 Å². The molecule has 1 aromatic carbocycles. The van der Waals surface area contributed by atoms with Crippen LogP contribution in [0, 0.1) is 0 Å². The van der Waals surface area contributed by atoms with Crippen LogP contribution < -0.4 is 5.32 Å². The molecule has 0 fully saturated rings. The van der Waals surface area contributed by atoms with Gasteiger partial charge in [0.15, 0.2) is 0 Å². The number of benzene rings is 1. The summed E-state index contributed by atoms with van der Waals surface area (Å²) in [5.74, 6) is 0.573. The van der Waals surface area contributed by atoms with Crippen LogP contribution in [0.15, 0.2) is 42.7 Å². The minimum Gasteiger partial charge on any atom is -0.368 e. The van der Waals surface area contributed by atoms with Crippen molar-refractivity contribution in [2.24, 2.45) is 0 Å². The van der Waals surface area contributed by atoms with Gasteiger partial charge >= 0.3 is 0 Å². The van der Waals surface area contributed by atoms with E-state index in [0.29, 0.717) is 18.1 Å². The van der Waals surface area contributed by atoms with E-state index >= 15 is 0 Å². The molecule has 0 atom stereocenters. The summed E-state index contributed by atoms with van der Waals surface area (Å²) in [7, 11) is 4.03. The first-order chi connectivity index (χ1) is 12.0. The summed E-state index contributed by atoms with van der Waals surface area (Å²) in [6, 6.07) is 10.0. The Labute approximate surface area is 149 Å². The lowest BCUT2D eigenvalue weighted by Gasteiger charge is -2.26. The van der Waals surface area contributed by atoms with Crippen LogP contribution >= 0.6 is 0 Å². The van der Waals surface area contributed by atoms with Gasteiger partial charge in [0.05, 0.1) is 12.4 Å². The number of anilines is 1. The number of hydrogen-bond donors (Lipinski definition) is 1. The van der Waals surface area contributed by atoms with Gasteiger partial charge in [-0.05, 0) is 33.5 Å². The number of carbonyl (C=O) groups is 1. The molecule has 2 aromatic rings. The van der Waals surface area contributed by atoms with Gasteiger partial charge < -0.3 is 15.1 Å². The molecule has 0 radical (unpaired) electrons. The second-order valence-electron chi connectivity index (χ2n) is 6.53. The molecule has 0 bridgehead atoms. The molecule has 2 rings (SSSR count). The molecule has 134 valence electrons. The summed E-state index contributed by atoms with van der Waals surface area (Å²) in [4.78, 5) is 25.3. The number of amides is 1. The molecule has 0 unspecified atom stereocenters. The van der Waals surface area contributed by atoms with Crippen molar-refractivity contribution < 1.29 is 4.79 Å². The second-order valence-corrected chi connectivity index (χ2v) is 6.53. The van der Waals surface area contributed by atoms with Crippen LogP contribution in [-0.4, -0.2) is 58.9 Å². The highest BCUT2D eigenvalue weighted by molar-refractivity contribution is 5.92. The zero-order valence-corrected chi connectivity index (χ0v) is 15.4. The van der Waals surface area contributed by atoms with E-state index in [2.05, 4.69) is 20.2 Å². The van der Waals surface area contributed by atoms with Gasteiger partial charge in [-0.25, -0.2) is 9.97 Å². The van der Waals surface area contributed by atoms with E-state index in [1.807, 2.05) is 58.3 Å². The topological polar surface area (TPSA) is 61.4 Å². The largest absolute Gasteiger partial charge is 0.368 e. The highest BCUT2D eigenvalue weighted by atomic mass is 16.2. The quantitative estimate of drug-likeness (QED) is 0.799. The summed E-state index contributed by atoms with van der Waals surface area (Å²) in [5.41, 5.74) is 1.46. The van der Waals surface area contributed by atoms with E-state index in [9.17, 15) is 4.79 Å². The van der Waals surface area contributed by atoms with Crippen LogP contribution in [0.25, 0.3) is 0 Å². The Morgan fingerprint density at radius 1 is 1.12 bits per heavy atom. The molecule has 0 saturated carbocycles. The Hall–Kier alpha value is -2.47. The van der Waals surface area contributed by atoms with Crippen LogP contribution in [0.3, 0.4) is 0 Å². The first-order valence-corrected chi connectivity index (χ1v) is 8.53.